The number of nitrogens with one attached hydrogen (secondary N) is 1. The van der Waals surface area contributed by atoms with E-state index in [1.54, 1.807) is 30.3 Å². The van der Waals surface area contributed by atoms with Gasteiger partial charge in [0.25, 0.3) is 5.91 Å². The zero-order valence-electron chi connectivity index (χ0n) is 10.1. The largest absolute Gasteiger partial charge is 0.298 e. The van der Waals surface area contributed by atoms with Crippen molar-refractivity contribution < 1.29 is 4.79 Å². The molecule has 0 saturated carbocycles. The summed E-state index contributed by atoms with van der Waals surface area (Å²) < 4.78 is 0.923. The lowest BCUT2D eigenvalue weighted by atomic mass is 10.2. The molecule has 6 heteroatoms. The zero-order valence-corrected chi connectivity index (χ0v) is 12.4. The minimum Gasteiger partial charge on any atom is -0.298 e. The Hall–Kier alpha value is -1.62. The molecule has 1 heterocycles. The van der Waals surface area contributed by atoms with Crippen molar-refractivity contribution >= 4 is 55.8 Å². The third-order valence-electron chi connectivity index (χ3n) is 2.71. The Morgan fingerprint density at radius 1 is 1.05 bits per heavy atom. The second-order valence-corrected chi connectivity index (χ2v) is 5.88. The number of nitrogens with zero attached hydrogens (tertiary/aromatic N) is 1. The van der Waals surface area contributed by atoms with Crippen LogP contribution in [0.3, 0.4) is 0 Å². The Morgan fingerprint density at radius 2 is 1.80 bits per heavy atom. The molecule has 1 N–H and O–H groups in total. The summed E-state index contributed by atoms with van der Waals surface area (Å²) in [5, 5.41) is 4.21. The van der Waals surface area contributed by atoms with Gasteiger partial charge in [0, 0.05) is 0 Å². The van der Waals surface area contributed by atoms with E-state index in [0.717, 1.165) is 4.70 Å². The molecule has 2 aromatic carbocycles. The minimum absolute atomic E-state index is 0.286. The third kappa shape index (κ3) is 2.50. The smallest absolute Gasteiger partial charge is 0.258 e. The van der Waals surface area contributed by atoms with E-state index in [0.29, 0.717) is 26.3 Å². The van der Waals surface area contributed by atoms with Gasteiger partial charge in [0.15, 0.2) is 5.13 Å². The van der Waals surface area contributed by atoms with Gasteiger partial charge in [-0.2, -0.15) is 0 Å². The normalized spacial score (nSPS) is 10.7. The molecule has 20 heavy (non-hydrogen) atoms. The number of fused-ring (bicyclic) bond motifs is 1. The van der Waals surface area contributed by atoms with Gasteiger partial charge in [-0.05, 0) is 24.3 Å². The van der Waals surface area contributed by atoms with Gasteiger partial charge in [0.1, 0.15) is 5.52 Å². The van der Waals surface area contributed by atoms with Crippen LogP contribution in [-0.2, 0) is 0 Å². The Bertz CT molecular complexity index is 801. The van der Waals surface area contributed by atoms with Gasteiger partial charge in [-0.1, -0.05) is 52.7 Å². The van der Waals surface area contributed by atoms with Gasteiger partial charge in [-0.3, -0.25) is 10.1 Å². The number of carbonyl (C=O) groups excluding carboxylic acids is 1. The fourth-order valence-corrected chi connectivity index (χ4v) is 3.16. The van der Waals surface area contributed by atoms with Crippen LogP contribution in [0, 0.1) is 0 Å². The van der Waals surface area contributed by atoms with Crippen LogP contribution in [0.5, 0.6) is 0 Å². The van der Waals surface area contributed by atoms with Gasteiger partial charge < -0.3 is 0 Å². The van der Waals surface area contributed by atoms with Crippen LogP contribution in [0.2, 0.25) is 10.0 Å². The summed E-state index contributed by atoms with van der Waals surface area (Å²) in [6.45, 7) is 0. The number of amides is 1. The molecule has 0 fully saturated rings. The lowest BCUT2D eigenvalue weighted by Crippen LogP contribution is -2.11. The maximum atomic E-state index is 12.1. The van der Waals surface area contributed by atoms with Gasteiger partial charge in [-0.25, -0.2) is 4.98 Å². The number of para-hydroxylation sites is 1. The van der Waals surface area contributed by atoms with Crippen molar-refractivity contribution in [1.82, 2.24) is 4.98 Å². The summed E-state index contributed by atoms with van der Waals surface area (Å²) >= 11 is 13.4. The topological polar surface area (TPSA) is 42.0 Å². The van der Waals surface area contributed by atoms with E-state index in [1.165, 1.54) is 11.3 Å². The number of aromatic nitrogens is 1. The molecule has 0 spiro atoms. The van der Waals surface area contributed by atoms with Crippen LogP contribution < -0.4 is 5.32 Å². The molecule has 0 aliphatic rings. The summed E-state index contributed by atoms with van der Waals surface area (Å²) in [4.78, 5) is 16.5. The van der Waals surface area contributed by atoms with E-state index in [2.05, 4.69) is 10.3 Å². The maximum absolute atomic E-state index is 12.1. The molecule has 3 rings (SSSR count). The van der Waals surface area contributed by atoms with Crippen molar-refractivity contribution in [3.63, 3.8) is 0 Å². The summed E-state index contributed by atoms with van der Waals surface area (Å²) in [6, 6.07) is 12.4. The highest BCUT2D eigenvalue weighted by Gasteiger charge is 2.13. The number of benzene rings is 2. The SMILES string of the molecule is O=C(Nc1nc2c(Cl)cccc2s1)c1ccccc1Cl. The molecule has 3 aromatic rings. The fraction of sp³-hybridized carbons (Fsp3) is 0. The average Bonchev–Trinajstić information content (AvgIpc) is 2.83. The highest BCUT2D eigenvalue weighted by atomic mass is 35.5. The average molecular weight is 323 g/mol. The molecule has 1 aromatic heterocycles. The summed E-state index contributed by atoms with van der Waals surface area (Å²) in [5.41, 5.74) is 1.10. The molecular weight excluding hydrogens is 315 g/mol. The Kier molecular flexibility index (Phi) is 3.61. The predicted octanol–water partition coefficient (Wildman–Crippen LogP) is 4.86. The fourth-order valence-electron chi connectivity index (χ4n) is 1.78. The van der Waals surface area contributed by atoms with Crippen molar-refractivity contribution in [3.8, 4) is 0 Å². The monoisotopic (exact) mass is 322 g/mol. The number of rotatable bonds is 2. The zero-order chi connectivity index (χ0) is 14.1. The highest BCUT2D eigenvalue weighted by molar-refractivity contribution is 7.22. The van der Waals surface area contributed by atoms with Crippen LogP contribution >= 0.6 is 34.5 Å². The molecule has 0 aliphatic carbocycles. The first-order valence-electron chi connectivity index (χ1n) is 5.76. The van der Waals surface area contributed by atoms with Gasteiger partial charge in [-0.15, -0.1) is 0 Å². The third-order valence-corrected chi connectivity index (χ3v) is 4.28. The molecule has 0 unspecified atom stereocenters. The molecule has 0 aliphatic heterocycles. The molecule has 0 radical (unpaired) electrons. The van der Waals surface area contributed by atoms with Crippen molar-refractivity contribution in [2.75, 3.05) is 5.32 Å². The van der Waals surface area contributed by atoms with Crippen molar-refractivity contribution in [1.29, 1.82) is 0 Å². The second kappa shape index (κ2) is 5.40. The Balaban J connectivity index is 1.92. The quantitative estimate of drug-likeness (QED) is 0.732. The van der Waals surface area contributed by atoms with Crippen LogP contribution in [0.1, 0.15) is 10.4 Å². The number of hydrogen-bond donors (Lipinski definition) is 1. The first kappa shape index (κ1) is 13.4. The van der Waals surface area contributed by atoms with Crippen LogP contribution in [0.25, 0.3) is 10.2 Å². The summed E-state index contributed by atoms with van der Waals surface area (Å²) in [6.07, 6.45) is 0. The summed E-state index contributed by atoms with van der Waals surface area (Å²) in [7, 11) is 0. The van der Waals surface area contributed by atoms with E-state index in [1.807, 2.05) is 12.1 Å². The van der Waals surface area contributed by atoms with E-state index in [9.17, 15) is 4.79 Å². The highest BCUT2D eigenvalue weighted by Crippen LogP contribution is 2.31. The van der Waals surface area contributed by atoms with Crippen molar-refractivity contribution in [3.05, 3.63) is 58.1 Å². The molecule has 0 atom stereocenters. The van der Waals surface area contributed by atoms with E-state index >= 15 is 0 Å². The Labute approximate surface area is 129 Å². The van der Waals surface area contributed by atoms with Crippen LogP contribution in [0.15, 0.2) is 42.5 Å². The maximum Gasteiger partial charge on any atom is 0.258 e. The lowest BCUT2D eigenvalue weighted by Gasteiger charge is -2.02. The van der Waals surface area contributed by atoms with Crippen LogP contribution in [0.4, 0.5) is 5.13 Å². The van der Waals surface area contributed by atoms with Gasteiger partial charge in [0.2, 0.25) is 0 Å². The first-order chi connectivity index (χ1) is 9.65. The summed E-state index contributed by atoms with van der Waals surface area (Å²) in [5.74, 6) is -0.286. The van der Waals surface area contributed by atoms with Crippen LogP contribution in [-0.4, -0.2) is 10.9 Å². The number of anilines is 1. The molecule has 0 saturated heterocycles. The minimum atomic E-state index is -0.286. The van der Waals surface area contributed by atoms with Gasteiger partial charge >= 0.3 is 0 Å². The van der Waals surface area contributed by atoms with E-state index in [4.69, 9.17) is 23.2 Å². The standard InChI is InChI=1S/C14H8Cl2N2OS/c15-9-5-2-1-4-8(9)13(19)18-14-17-12-10(16)6-3-7-11(12)20-14/h1-7H,(H,17,18,19). The Morgan fingerprint density at radius 3 is 2.55 bits per heavy atom. The van der Waals surface area contributed by atoms with E-state index < -0.39 is 0 Å². The predicted molar refractivity (Wildman–Crippen MR) is 84.0 cm³/mol. The van der Waals surface area contributed by atoms with Crippen molar-refractivity contribution in [2.24, 2.45) is 0 Å². The molecule has 1 amide bonds. The van der Waals surface area contributed by atoms with Crippen molar-refractivity contribution in [2.45, 2.75) is 0 Å². The molecular formula is C14H8Cl2N2OS. The lowest BCUT2D eigenvalue weighted by molar-refractivity contribution is 0.102. The van der Waals surface area contributed by atoms with Gasteiger partial charge in [0.05, 0.1) is 20.3 Å². The molecule has 100 valence electrons. The molecule has 3 nitrogen and oxygen atoms in total. The molecule has 0 bridgehead atoms. The number of thiazole rings is 1. The second-order valence-electron chi connectivity index (χ2n) is 4.04. The number of halogens is 2. The first-order valence-corrected chi connectivity index (χ1v) is 7.33. The van der Waals surface area contributed by atoms with E-state index in [-0.39, 0.29) is 5.91 Å². The number of carbonyl (C=O) groups is 1. The number of hydrogen-bond acceptors (Lipinski definition) is 3.